The van der Waals surface area contributed by atoms with Gasteiger partial charge in [0.15, 0.2) is 0 Å². The lowest BCUT2D eigenvalue weighted by molar-refractivity contribution is -0.917. The second-order valence-electron chi connectivity index (χ2n) is 7.19. The van der Waals surface area contributed by atoms with Crippen molar-refractivity contribution in [1.29, 1.82) is 0 Å². The van der Waals surface area contributed by atoms with E-state index in [0.717, 1.165) is 48.7 Å². The van der Waals surface area contributed by atoms with Gasteiger partial charge in [-0.2, -0.15) is 0 Å². The highest BCUT2D eigenvalue weighted by Gasteiger charge is 2.28. The molecule has 0 aliphatic carbocycles. The first-order valence-corrected chi connectivity index (χ1v) is 10.6. The highest BCUT2D eigenvalue weighted by atomic mass is 32.2. The molecule has 1 fully saturated rings. The summed E-state index contributed by atoms with van der Waals surface area (Å²) in [6.07, 6.45) is 1.58. The normalized spacial score (nSPS) is 16.2. The largest absolute Gasteiger partial charge is 0.330 e. The zero-order chi connectivity index (χ0) is 19.3. The maximum absolute atomic E-state index is 13.0. The van der Waals surface area contributed by atoms with Crippen LogP contribution in [0.3, 0.4) is 0 Å². The fourth-order valence-corrected chi connectivity index (χ4v) is 4.65. The Bertz CT molecular complexity index is 936. The number of hydrogen-bond donors (Lipinski definition) is 1. The van der Waals surface area contributed by atoms with Crippen molar-refractivity contribution in [2.75, 3.05) is 26.2 Å². The van der Waals surface area contributed by atoms with Gasteiger partial charge in [0.05, 0.1) is 36.9 Å². The molecule has 1 aliphatic heterocycles. The fourth-order valence-electron chi connectivity index (χ4n) is 3.65. The molecule has 0 unspecified atom stereocenters. The van der Waals surface area contributed by atoms with Crippen molar-refractivity contribution in [3.05, 3.63) is 66.5 Å². The van der Waals surface area contributed by atoms with Crippen molar-refractivity contribution in [2.45, 2.75) is 23.7 Å². The Morgan fingerprint density at radius 3 is 2.57 bits per heavy atom. The first kappa shape index (κ1) is 18.9. The van der Waals surface area contributed by atoms with Crippen LogP contribution >= 0.6 is 11.8 Å². The van der Waals surface area contributed by atoms with Crippen LogP contribution in [0.2, 0.25) is 0 Å². The minimum absolute atomic E-state index is 0.158. The molecule has 3 aromatic rings. The van der Waals surface area contributed by atoms with Gasteiger partial charge < -0.3 is 9.80 Å². The van der Waals surface area contributed by atoms with Crippen LogP contribution < -0.4 is 4.90 Å². The zero-order valence-corrected chi connectivity index (χ0v) is 16.9. The summed E-state index contributed by atoms with van der Waals surface area (Å²) >= 11 is 1.53. The van der Waals surface area contributed by atoms with E-state index in [2.05, 4.69) is 40.3 Å². The number of fused-ring (bicyclic) bond motifs is 1. The van der Waals surface area contributed by atoms with Gasteiger partial charge in [-0.1, -0.05) is 60.3 Å². The number of piperazine rings is 1. The Hall–Kier alpha value is -2.44. The number of aromatic nitrogens is 2. The van der Waals surface area contributed by atoms with E-state index in [1.165, 1.54) is 22.2 Å². The summed E-state index contributed by atoms with van der Waals surface area (Å²) < 4.78 is 0. The van der Waals surface area contributed by atoms with E-state index in [9.17, 15) is 4.79 Å². The van der Waals surface area contributed by atoms with Crippen LogP contribution in [-0.2, 0) is 11.3 Å². The van der Waals surface area contributed by atoms with Crippen LogP contribution in [0.15, 0.2) is 66.0 Å². The molecule has 1 N–H and O–H groups in total. The van der Waals surface area contributed by atoms with Gasteiger partial charge in [-0.3, -0.25) is 4.79 Å². The summed E-state index contributed by atoms with van der Waals surface area (Å²) in [4.78, 5) is 25.2. The lowest BCUT2D eigenvalue weighted by Crippen LogP contribution is -3.13. The van der Waals surface area contributed by atoms with E-state index < -0.39 is 0 Å². The second-order valence-corrected chi connectivity index (χ2v) is 8.52. The van der Waals surface area contributed by atoms with Crippen molar-refractivity contribution >= 4 is 28.6 Å². The van der Waals surface area contributed by atoms with E-state index in [1.807, 2.05) is 36.1 Å². The van der Waals surface area contributed by atoms with Crippen LogP contribution in [0.5, 0.6) is 0 Å². The average Bonchev–Trinajstić information content (AvgIpc) is 2.75. The molecule has 0 bridgehead atoms. The molecule has 144 valence electrons. The van der Waals surface area contributed by atoms with Crippen molar-refractivity contribution in [1.82, 2.24) is 14.9 Å². The monoisotopic (exact) mass is 393 g/mol. The van der Waals surface area contributed by atoms with Gasteiger partial charge in [-0.25, -0.2) is 9.97 Å². The number of rotatable bonds is 5. The number of nitrogens with zero attached hydrogens (tertiary/aromatic N) is 3. The van der Waals surface area contributed by atoms with Gasteiger partial charge in [0.1, 0.15) is 17.9 Å². The smallest absolute Gasteiger partial charge is 0.236 e. The highest BCUT2D eigenvalue weighted by Crippen LogP contribution is 2.28. The number of para-hydroxylation sites is 1. The van der Waals surface area contributed by atoms with E-state index in [1.54, 1.807) is 6.33 Å². The highest BCUT2D eigenvalue weighted by molar-refractivity contribution is 8.00. The summed E-state index contributed by atoms with van der Waals surface area (Å²) in [6, 6.07) is 18.5. The molecule has 4 rings (SSSR count). The van der Waals surface area contributed by atoms with E-state index >= 15 is 0 Å². The van der Waals surface area contributed by atoms with Crippen molar-refractivity contribution < 1.29 is 9.69 Å². The van der Waals surface area contributed by atoms with Crippen LogP contribution in [0.25, 0.3) is 10.9 Å². The molecule has 0 saturated carbocycles. The number of amides is 1. The predicted octanol–water partition coefficient (Wildman–Crippen LogP) is 2.04. The number of quaternary nitrogens is 1. The van der Waals surface area contributed by atoms with Crippen LogP contribution in [0.1, 0.15) is 12.5 Å². The predicted molar refractivity (Wildman–Crippen MR) is 112 cm³/mol. The third-order valence-corrected chi connectivity index (χ3v) is 6.33. The standard InChI is InChI=1S/C22H24N4OS/c1-17(28-21-19-9-5-6-10-20(19)23-16-24-21)22(27)26-13-11-25(12-14-26)15-18-7-3-2-4-8-18/h2-10,16-17H,11-15H2,1H3/p+1/t17-/m0/s1. The Kier molecular flexibility index (Phi) is 5.88. The number of carbonyl (C=O) groups excluding carboxylic acids is 1. The summed E-state index contributed by atoms with van der Waals surface area (Å²) in [7, 11) is 0. The van der Waals surface area contributed by atoms with Crippen LogP contribution in [0, 0.1) is 0 Å². The number of carbonyl (C=O) groups is 1. The van der Waals surface area contributed by atoms with Crippen molar-refractivity contribution in [3.63, 3.8) is 0 Å². The van der Waals surface area contributed by atoms with Gasteiger partial charge in [0.2, 0.25) is 5.91 Å². The molecule has 1 atom stereocenters. The molecule has 1 saturated heterocycles. The van der Waals surface area contributed by atoms with Gasteiger partial charge in [-0.05, 0) is 13.0 Å². The molecule has 0 spiro atoms. The molecule has 0 radical (unpaired) electrons. The zero-order valence-electron chi connectivity index (χ0n) is 16.0. The Morgan fingerprint density at radius 1 is 1.07 bits per heavy atom. The number of hydrogen-bond acceptors (Lipinski definition) is 4. The van der Waals surface area contributed by atoms with Gasteiger partial charge >= 0.3 is 0 Å². The maximum Gasteiger partial charge on any atom is 0.236 e. The molecule has 2 heterocycles. The Morgan fingerprint density at radius 2 is 1.79 bits per heavy atom. The van der Waals surface area contributed by atoms with Gasteiger partial charge in [-0.15, -0.1) is 0 Å². The summed E-state index contributed by atoms with van der Waals surface area (Å²) in [6.45, 7) is 6.63. The van der Waals surface area contributed by atoms with Crippen LogP contribution in [-0.4, -0.2) is 52.2 Å². The molecule has 1 amide bonds. The molecule has 6 heteroatoms. The molecule has 1 aliphatic rings. The topological polar surface area (TPSA) is 50.5 Å². The number of thioether (sulfide) groups is 1. The number of nitrogens with one attached hydrogen (secondary N) is 1. The molecular weight excluding hydrogens is 368 g/mol. The lowest BCUT2D eigenvalue weighted by Gasteiger charge is -2.33. The van der Waals surface area contributed by atoms with E-state index in [-0.39, 0.29) is 11.2 Å². The quantitative estimate of drug-likeness (QED) is 0.532. The van der Waals surface area contributed by atoms with Crippen molar-refractivity contribution in [3.8, 4) is 0 Å². The molecule has 5 nitrogen and oxygen atoms in total. The van der Waals surface area contributed by atoms with Gasteiger partial charge in [0.25, 0.3) is 0 Å². The first-order valence-electron chi connectivity index (χ1n) is 9.73. The first-order chi connectivity index (χ1) is 13.7. The SMILES string of the molecule is C[C@H](Sc1ncnc2ccccc12)C(=O)N1CC[NH+](Cc2ccccc2)CC1. The van der Waals surface area contributed by atoms with Crippen molar-refractivity contribution in [2.24, 2.45) is 0 Å². The Balaban J connectivity index is 1.34. The number of benzene rings is 2. The fraction of sp³-hybridized carbons (Fsp3) is 0.318. The van der Waals surface area contributed by atoms with E-state index in [0.29, 0.717) is 0 Å². The molecule has 28 heavy (non-hydrogen) atoms. The average molecular weight is 394 g/mol. The Labute approximate surface area is 169 Å². The third-order valence-electron chi connectivity index (χ3n) is 5.22. The minimum Gasteiger partial charge on any atom is -0.330 e. The van der Waals surface area contributed by atoms with Crippen LogP contribution in [0.4, 0.5) is 0 Å². The van der Waals surface area contributed by atoms with Gasteiger partial charge in [0, 0.05) is 10.9 Å². The molecule has 2 aromatic carbocycles. The minimum atomic E-state index is -0.158. The summed E-state index contributed by atoms with van der Waals surface area (Å²) in [5, 5.41) is 1.72. The van der Waals surface area contributed by atoms with E-state index in [4.69, 9.17) is 0 Å². The molecular formula is C22H25N4OS+. The molecule has 1 aromatic heterocycles. The maximum atomic E-state index is 13.0. The summed E-state index contributed by atoms with van der Waals surface area (Å²) in [5.41, 5.74) is 2.27. The summed E-state index contributed by atoms with van der Waals surface area (Å²) in [5.74, 6) is 0.200. The second kappa shape index (κ2) is 8.71. The lowest BCUT2D eigenvalue weighted by atomic mass is 10.2. The third kappa shape index (κ3) is 4.34.